The molecule has 1 amide bonds. The van der Waals surface area contributed by atoms with E-state index in [9.17, 15) is 9.59 Å². The first-order valence-electron chi connectivity index (χ1n) is 6.59. The van der Waals surface area contributed by atoms with Gasteiger partial charge in [0.2, 0.25) is 0 Å². The second kappa shape index (κ2) is 4.60. The lowest BCUT2D eigenvalue weighted by Gasteiger charge is -2.17. The van der Waals surface area contributed by atoms with Gasteiger partial charge in [-0.1, -0.05) is 36.4 Å². The number of hydrogen-bond acceptors (Lipinski definition) is 2. The van der Waals surface area contributed by atoms with E-state index in [0.717, 1.165) is 22.4 Å². The maximum Gasteiger partial charge on any atom is 0.299 e. The van der Waals surface area contributed by atoms with Crippen LogP contribution < -0.4 is 4.90 Å². The Labute approximate surface area is 117 Å². The molecule has 0 aromatic heterocycles. The number of amides is 1. The van der Waals surface area contributed by atoms with E-state index in [1.807, 2.05) is 56.3 Å². The zero-order valence-corrected chi connectivity index (χ0v) is 11.5. The first-order chi connectivity index (χ1) is 9.58. The third kappa shape index (κ3) is 1.92. The summed E-state index contributed by atoms with van der Waals surface area (Å²) in [6, 6.07) is 13.6. The van der Waals surface area contributed by atoms with Crippen molar-refractivity contribution in [3.63, 3.8) is 0 Å². The summed E-state index contributed by atoms with van der Waals surface area (Å²) in [5, 5.41) is 0. The van der Waals surface area contributed by atoms with Crippen molar-refractivity contribution >= 4 is 17.4 Å². The Balaban J connectivity index is 2.06. The Morgan fingerprint density at radius 2 is 1.70 bits per heavy atom. The Morgan fingerprint density at radius 3 is 2.40 bits per heavy atom. The number of benzene rings is 2. The molecule has 0 unspecified atom stereocenters. The van der Waals surface area contributed by atoms with Crippen LogP contribution in [0.2, 0.25) is 0 Å². The van der Waals surface area contributed by atoms with E-state index in [-0.39, 0.29) is 0 Å². The molecule has 2 aromatic rings. The van der Waals surface area contributed by atoms with Crippen LogP contribution in [0, 0.1) is 13.8 Å². The van der Waals surface area contributed by atoms with Gasteiger partial charge in [0.1, 0.15) is 0 Å². The maximum absolute atomic E-state index is 12.2. The average molecular weight is 265 g/mol. The smallest absolute Gasteiger partial charge is 0.299 e. The summed E-state index contributed by atoms with van der Waals surface area (Å²) in [6.45, 7) is 4.28. The summed E-state index contributed by atoms with van der Waals surface area (Å²) in [6.07, 6.45) is 0. The van der Waals surface area contributed by atoms with Crippen molar-refractivity contribution in [2.45, 2.75) is 20.4 Å². The third-order valence-electron chi connectivity index (χ3n) is 3.60. The van der Waals surface area contributed by atoms with Crippen molar-refractivity contribution in [2.75, 3.05) is 4.90 Å². The topological polar surface area (TPSA) is 37.4 Å². The highest BCUT2D eigenvalue weighted by Gasteiger charge is 2.36. The van der Waals surface area contributed by atoms with Crippen molar-refractivity contribution in [2.24, 2.45) is 0 Å². The maximum atomic E-state index is 12.2. The van der Waals surface area contributed by atoms with Gasteiger partial charge in [0.15, 0.2) is 0 Å². The molecule has 0 fully saturated rings. The molecule has 0 saturated carbocycles. The van der Waals surface area contributed by atoms with Crippen molar-refractivity contribution in [1.82, 2.24) is 0 Å². The van der Waals surface area contributed by atoms with Gasteiger partial charge in [-0.05, 0) is 36.6 Å². The average Bonchev–Trinajstić information content (AvgIpc) is 2.65. The Bertz CT molecular complexity index is 704. The molecule has 0 radical (unpaired) electrons. The van der Waals surface area contributed by atoms with E-state index < -0.39 is 11.7 Å². The first-order valence-corrected chi connectivity index (χ1v) is 6.59. The molecule has 0 bridgehead atoms. The Morgan fingerprint density at radius 1 is 1.00 bits per heavy atom. The highest BCUT2D eigenvalue weighted by atomic mass is 16.2. The second-order valence-corrected chi connectivity index (χ2v) is 5.18. The number of rotatable bonds is 2. The molecule has 1 aliphatic heterocycles. The lowest BCUT2D eigenvalue weighted by Crippen LogP contribution is -2.29. The predicted octanol–water partition coefficient (Wildman–Crippen LogP) is 3.03. The molecule has 0 spiro atoms. The van der Waals surface area contributed by atoms with Crippen molar-refractivity contribution in [1.29, 1.82) is 0 Å². The number of carbonyl (C=O) groups is 2. The van der Waals surface area contributed by atoms with Gasteiger partial charge in [-0.2, -0.15) is 0 Å². The molecule has 0 aliphatic carbocycles. The van der Waals surface area contributed by atoms with E-state index in [1.54, 1.807) is 4.90 Å². The molecule has 20 heavy (non-hydrogen) atoms. The lowest BCUT2D eigenvalue weighted by atomic mass is 10.0. The number of carbonyl (C=O) groups excluding carboxylic acids is 2. The zero-order valence-electron chi connectivity index (χ0n) is 11.5. The molecule has 2 aromatic carbocycles. The molecule has 0 saturated heterocycles. The number of anilines is 1. The highest BCUT2D eigenvalue weighted by Crippen LogP contribution is 2.33. The van der Waals surface area contributed by atoms with Crippen molar-refractivity contribution < 1.29 is 9.59 Å². The number of fused-ring (bicyclic) bond motifs is 1. The molecule has 3 rings (SSSR count). The van der Waals surface area contributed by atoms with Crippen LogP contribution in [0.25, 0.3) is 0 Å². The van der Waals surface area contributed by atoms with Crippen LogP contribution in [0.3, 0.4) is 0 Å². The van der Waals surface area contributed by atoms with E-state index in [1.165, 1.54) is 0 Å². The molecular formula is C17H15NO2. The van der Waals surface area contributed by atoms with Gasteiger partial charge < -0.3 is 4.90 Å². The van der Waals surface area contributed by atoms with Gasteiger partial charge >= 0.3 is 0 Å². The van der Waals surface area contributed by atoms with E-state index in [0.29, 0.717) is 12.1 Å². The van der Waals surface area contributed by atoms with Crippen LogP contribution in [-0.4, -0.2) is 11.7 Å². The number of nitrogens with zero attached hydrogens (tertiary/aromatic N) is 1. The lowest BCUT2D eigenvalue weighted by molar-refractivity contribution is -0.114. The number of aryl methyl sites for hydroxylation is 2. The van der Waals surface area contributed by atoms with Crippen molar-refractivity contribution in [3.05, 3.63) is 64.7 Å². The fourth-order valence-electron chi connectivity index (χ4n) is 2.72. The molecule has 0 atom stereocenters. The van der Waals surface area contributed by atoms with Gasteiger partial charge in [-0.15, -0.1) is 0 Å². The van der Waals surface area contributed by atoms with E-state index in [4.69, 9.17) is 0 Å². The second-order valence-electron chi connectivity index (χ2n) is 5.18. The fourth-order valence-corrected chi connectivity index (χ4v) is 2.72. The largest absolute Gasteiger partial charge is 0.300 e. The predicted molar refractivity (Wildman–Crippen MR) is 77.9 cm³/mol. The molecule has 3 heteroatoms. The molecular weight excluding hydrogens is 250 g/mol. The standard InChI is InChI=1S/C17H15NO2/c1-11-8-12(2)15-14(9-11)18(17(20)16(15)19)10-13-6-4-3-5-7-13/h3-9H,10H2,1-2H3. The third-order valence-corrected chi connectivity index (χ3v) is 3.60. The minimum absolute atomic E-state index is 0.395. The normalized spacial score (nSPS) is 13.8. The summed E-state index contributed by atoms with van der Waals surface area (Å²) in [4.78, 5) is 25.9. The van der Waals surface area contributed by atoms with Crippen LogP contribution in [0.15, 0.2) is 42.5 Å². The monoisotopic (exact) mass is 265 g/mol. The molecule has 1 heterocycles. The van der Waals surface area contributed by atoms with Crippen LogP contribution in [0.4, 0.5) is 5.69 Å². The number of hydrogen-bond donors (Lipinski definition) is 0. The van der Waals surface area contributed by atoms with Crippen LogP contribution in [0.5, 0.6) is 0 Å². The van der Waals surface area contributed by atoms with Crippen molar-refractivity contribution in [3.8, 4) is 0 Å². The fraction of sp³-hybridized carbons (Fsp3) is 0.176. The van der Waals surface area contributed by atoms with Gasteiger partial charge in [0.25, 0.3) is 11.7 Å². The minimum Gasteiger partial charge on any atom is -0.300 e. The van der Waals surface area contributed by atoms with Gasteiger partial charge in [-0.3, -0.25) is 9.59 Å². The van der Waals surface area contributed by atoms with Crippen LogP contribution in [0.1, 0.15) is 27.0 Å². The number of Topliss-reactive ketones (excluding diaryl/α,β-unsaturated/α-hetero) is 1. The summed E-state index contributed by atoms with van der Waals surface area (Å²) >= 11 is 0. The highest BCUT2D eigenvalue weighted by molar-refractivity contribution is 6.52. The summed E-state index contributed by atoms with van der Waals surface area (Å²) in [5.74, 6) is -0.828. The number of ketones is 1. The molecule has 100 valence electrons. The molecule has 1 aliphatic rings. The van der Waals surface area contributed by atoms with Crippen LogP contribution in [-0.2, 0) is 11.3 Å². The van der Waals surface area contributed by atoms with Gasteiger partial charge in [0.05, 0.1) is 17.8 Å². The molecule has 3 nitrogen and oxygen atoms in total. The quantitative estimate of drug-likeness (QED) is 0.783. The van der Waals surface area contributed by atoms with Crippen LogP contribution >= 0.6 is 0 Å². The SMILES string of the molecule is Cc1cc(C)c2c(c1)N(Cc1ccccc1)C(=O)C2=O. The summed E-state index contributed by atoms with van der Waals surface area (Å²) in [5.41, 5.74) is 4.23. The summed E-state index contributed by atoms with van der Waals surface area (Å²) < 4.78 is 0. The molecule has 0 N–H and O–H groups in total. The van der Waals surface area contributed by atoms with E-state index in [2.05, 4.69) is 0 Å². The van der Waals surface area contributed by atoms with E-state index >= 15 is 0 Å². The Hall–Kier alpha value is -2.42. The summed E-state index contributed by atoms with van der Waals surface area (Å²) in [7, 11) is 0. The Kier molecular flexibility index (Phi) is 2.90. The zero-order chi connectivity index (χ0) is 14.3. The van der Waals surface area contributed by atoms with Gasteiger partial charge in [0, 0.05) is 0 Å². The minimum atomic E-state index is -0.433. The first kappa shape index (κ1) is 12.6. The van der Waals surface area contributed by atoms with Gasteiger partial charge in [-0.25, -0.2) is 0 Å².